The van der Waals surface area contributed by atoms with Crippen LogP contribution < -0.4 is 18.9 Å². The van der Waals surface area contributed by atoms with E-state index in [1.54, 1.807) is 28.4 Å². The van der Waals surface area contributed by atoms with Crippen LogP contribution in [0.4, 0.5) is 0 Å². The predicted molar refractivity (Wildman–Crippen MR) is 105 cm³/mol. The molecule has 28 heavy (non-hydrogen) atoms. The van der Waals surface area contributed by atoms with E-state index in [0.717, 1.165) is 33.2 Å². The van der Waals surface area contributed by atoms with Crippen molar-refractivity contribution in [1.82, 2.24) is 0 Å². The maximum atomic E-state index is 12.3. The zero-order chi connectivity index (χ0) is 19.8. The van der Waals surface area contributed by atoms with Crippen molar-refractivity contribution in [2.24, 2.45) is 0 Å². The number of hydrogen-bond acceptors (Lipinski definition) is 6. The normalized spacial score (nSPS) is 12.5. The topological polar surface area (TPSA) is 63.2 Å². The number of esters is 1. The number of hydrogen-bond donors (Lipinski definition) is 0. The first kappa shape index (κ1) is 18.0. The third-order valence-electron chi connectivity index (χ3n) is 4.98. The Morgan fingerprint density at radius 1 is 0.857 bits per heavy atom. The molecule has 6 heteroatoms. The van der Waals surface area contributed by atoms with E-state index in [0.29, 0.717) is 22.8 Å². The monoisotopic (exact) mass is 380 g/mol. The number of benzene rings is 3. The van der Waals surface area contributed by atoms with Crippen LogP contribution in [0.15, 0.2) is 36.4 Å². The van der Waals surface area contributed by atoms with E-state index < -0.39 is 0 Å². The van der Waals surface area contributed by atoms with E-state index >= 15 is 0 Å². The highest BCUT2D eigenvalue weighted by Crippen LogP contribution is 2.49. The highest BCUT2D eigenvalue weighted by molar-refractivity contribution is 6.10. The van der Waals surface area contributed by atoms with E-state index in [2.05, 4.69) is 0 Å². The van der Waals surface area contributed by atoms with Gasteiger partial charge in [0.25, 0.3) is 0 Å². The van der Waals surface area contributed by atoms with Gasteiger partial charge in [-0.3, -0.25) is 0 Å². The molecule has 0 aromatic heterocycles. The molecule has 0 N–H and O–H groups in total. The van der Waals surface area contributed by atoms with Crippen LogP contribution >= 0.6 is 0 Å². The van der Waals surface area contributed by atoms with E-state index in [1.165, 1.54) is 0 Å². The lowest BCUT2D eigenvalue weighted by Gasteiger charge is -2.19. The molecule has 0 aliphatic carbocycles. The molecule has 144 valence electrons. The largest absolute Gasteiger partial charge is 0.497 e. The summed E-state index contributed by atoms with van der Waals surface area (Å²) in [6.07, 6.45) is 0. The Kier molecular flexibility index (Phi) is 4.47. The second-order valence-corrected chi connectivity index (χ2v) is 6.33. The average molecular weight is 380 g/mol. The number of rotatable bonds is 5. The van der Waals surface area contributed by atoms with Crippen LogP contribution in [-0.2, 0) is 11.3 Å². The minimum atomic E-state index is -0.333. The molecule has 0 spiro atoms. The molecule has 3 aromatic rings. The Morgan fingerprint density at radius 2 is 1.57 bits per heavy atom. The van der Waals surface area contributed by atoms with E-state index in [4.69, 9.17) is 23.7 Å². The third kappa shape index (κ3) is 2.60. The maximum Gasteiger partial charge on any atom is 0.338 e. The SMILES string of the molecule is COc1ccc(-c2c3c(cc4cc(OC)c(OC)c(OC)c24)C(=O)OC3)cc1. The first-order valence-corrected chi connectivity index (χ1v) is 8.73. The molecule has 0 bridgehead atoms. The molecule has 0 amide bonds. The summed E-state index contributed by atoms with van der Waals surface area (Å²) in [5.41, 5.74) is 3.17. The zero-order valence-electron chi connectivity index (χ0n) is 16.1. The van der Waals surface area contributed by atoms with Gasteiger partial charge in [-0.2, -0.15) is 0 Å². The fraction of sp³-hybridized carbons (Fsp3) is 0.227. The summed E-state index contributed by atoms with van der Waals surface area (Å²) in [5, 5.41) is 1.64. The molecule has 0 fully saturated rings. The highest BCUT2D eigenvalue weighted by atomic mass is 16.5. The number of carbonyl (C=O) groups is 1. The van der Waals surface area contributed by atoms with Gasteiger partial charge < -0.3 is 23.7 Å². The Labute approximate surface area is 162 Å². The van der Waals surface area contributed by atoms with Crippen molar-refractivity contribution in [2.75, 3.05) is 28.4 Å². The van der Waals surface area contributed by atoms with Crippen molar-refractivity contribution in [3.8, 4) is 34.1 Å². The van der Waals surface area contributed by atoms with E-state index in [9.17, 15) is 4.79 Å². The van der Waals surface area contributed by atoms with Crippen molar-refractivity contribution >= 4 is 16.7 Å². The quantitative estimate of drug-likeness (QED) is 0.618. The fourth-order valence-corrected chi connectivity index (χ4v) is 3.70. The second kappa shape index (κ2) is 6.96. The molecule has 1 aliphatic rings. The van der Waals surface area contributed by atoms with Crippen molar-refractivity contribution in [1.29, 1.82) is 0 Å². The van der Waals surface area contributed by atoms with E-state index in [-0.39, 0.29) is 12.6 Å². The lowest BCUT2D eigenvalue weighted by Crippen LogP contribution is -2.00. The van der Waals surface area contributed by atoms with Crippen molar-refractivity contribution in [3.63, 3.8) is 0 Å². The minimum Gasteiger partial charge on any atom is -0.497 e. The summed E-state index contributed by atoms with van der Waals surface area (Å²) in [5.74, 6) is 1.99. The molecule has 0 saturated heterocycles. The average Bonchev–Trinajstić information content (AvgIpc) is 3.11. The van der Waals surface area contributed by atoms with Crippen molar-refractivity contribution in [2.45, 2.75) is 6.61 Å². The lowest BCUT2D eigenvalue weighted by molar-refractivity contribution is 0.0535. The second-order valence-electron chi connectivity index (χ2n) is 6.33. The van der Waals surface area contributed by atoms with Gasteiger partial charge in [-0.05, 0) is 35.2 Å². The van der Waals surface area contributed by atoms with Crippen LogP contribution in [0.25, 0.3) is 21.9 Å². The Bertz CT molecular complexity index is 1070. The van der Waals surface area contributed by atoms with E-state index in [1.807, 2.05) is 36.4 Å². The first-order valence-electron chi connectivity index (χ1n) is 8.73. The Hall–Kier alpha value is -3.41. The van der Waals surface area contributed by atoms with Gasteiger partial charge in [0.2, 0.25) is 5.75 Å². The van der Waals surface area contributed by atoms with Gasteiger partial charge in [0.15, 0.2) is 11.5 Å². The number of ether oxygens (including phenoxy) is 5. The molecule has 0 unspecified atom stereocenters. The van der Waals surface area contributed by atoms with Gasteiger partial charge in [-0.1, -0.05) is 12.1 Å². The Balaban J connectivity index is 2.15. The molecule has 1 aliphatic heterocycles. The van der Waals surface area contributed by atoms with Gasteiger partial charge in [0, 0.05) is 16.5 Å². The molecule has 0 saturated carbocycles. The third-order valence-corrected chi connectivity index (χ3v) is 4.98. The lowest BCUT2D eigenvalue weighted by atomic mass is 9.89. The van der Waals surface area contributed by atoms with Crippen LogP contribution in [0.5, 0.6) is 23.0 Å². The standard InChI is InChI=1S/C22H20O6/c1-24-14-7-5-12(6-8-14)18-16-11-28-22(23)15(16)9-13-10-17(25-2)20(26-3)21(27-4)19(13)18/h5-10H,11H2,1-4H3. The summed E-state index contributed by atoms with van der Waals surface area (Å²) in [7, 11) is 6.34. The molecular weight excluding hydrogens is 360 g/mol. The van der Waals surface area contributed by atoms with Crippen molar-refractivity contribution in [3.05, 3.63) is 47.5 Å². The first-order chi connectivity index (χ1) is 13.6. The van der Waals surface area contributed by atoms with Crippen LogP contribution in [0.3, 0.4) is 0 Å². The van der Waals surface area contributed by atoms with Gasteiger partial charge in [-0.15, -0.1) is 0 Å². The van der Waals surface area contributed by atoms with Crippen molar-refractivity contribution < 1.29 is 28.5 Å². The molecule has 6 nitrogen and oxygen atoms in total. The highest BCUT2D eigenvalue weighted by Gasteiger charge is 2.30. The Morgan fingerprint density at radius 3 is 2.18 bits per heavy atom. The zero-order valence-corrected chi connectivity index (χ0v) is 16.1. The summed E-state index contributed by atoms with van der Waals surface area (Å²) in [6, 6.07) is 11.3. The van der Waals surface area contributed by atoms with Gasteiger partial charge in [-0.25, -0.2) is 4.79 Å². The number of fused-ring (bicyclic) bond motifs is 2. The molecule has 0 atom stereocenters. The van der Waals surface area contributed by atoms with Crippen LogP contribution in [0.1, 0.15) is 15.9 Å². The predicted octanol–water partition coefficient (Wildman–Crippen LogP) is 4.21. The van der Waals surface area contributed by atoms with Crippen LogP contribution in [0, 0.1) is 0 Å². The van der Waals surface area contributed by atoms with Crippen LogP contribution in [-0.4, -0.2) is 34.4 Å². The summed E-state index contributed by atoms with van der Waals surface area (Å²) in [6.45, 7) is 0.211. The van der Waals surface area contributed by atoms with Gasteiger partial charge in [0.05, 0.1) is 34.0 Å². The fourth-order valence-electron chi connectivity index (χ4n) is 3.70. The molecule has 1 heterocycles. The number of methoxy groups -OCH3 is 4. The van der Waals surface area contributed by atoms with Gasteiger partial charge >= 0.3 is 5.97 Å². The molecule has 0 radical (unpaired) electrons. The summed E-state index contributed by atoms with van der Waals surface area (Å²) in [4.78, 5) is 12.3. The maximum absolute atomic E-state index is 12.3. The molecule has 4 rings (SSSR count). The summed E-state index contributed by atoms with van der Waals surface area (Å²) < 4.78 is 27.4. The molecular formula is C22H20O6. The molecule has 3 aromatic carbocycles. The number of cyclic esters (lactones) is 1. The minimum absolute atomic E-state index is 0.211. The van der Waals surface area contributed by atoms with Crippen LogP contribution in [0.2, 0.25) is 0 Å². The smallest absolute Gasteiger partial charge is 0.338 e. The summed E-state index contributed by atoms with van der Waals surface area (Å²) >= 11 is 0. The van der Waals surface area contributed by atoms with Gasteiger partial charge in [0.1, 0.15) is 12.4 Å². The number of carbonyl (C=O) groups excluding carboxylic acids is 1.